The lowest BCUT2D eigenvalue weighted by Gasteiger charge is -2.27. The Morgan fingerprint density at radius 3 is 2.50 bits per heavy atom. The molecule has 2 heteroatoms. The Hall–Kier alpha value is -1.05. The summed E-state index contributed by atoms with van der Waals surface area (Å²) >= 11 is 0. The number of rotatable bonds is 6. The molecule has 2 nitrogen and oxygen atoms in total. The van der Waals surface area contributed by atoms with Gasteiger partial charge in [-0.15, -0.1) is 0 Å². The number of hydrogen-bond donors (Lipinski definition) is 0. The predicted molar refractivity (Wildman–Crippen MR) is 91.6 cm³/mol. The second-order valence-electron chi connectivity index (χ2n) is 7.29. The molecule has 22 heavy (non-hydrogen) atoms. The maximum absolute atomic E-state index is 12.2. The quantitative estimate of drug-likeness (QED) is 0.482. The second kappa shape index (κ2) is 8.55. The summed E-state index contributed by atoms with van der Waals surface area (Å²) in [6, 6.07) is 0. The van der Waals surface area contributed by atoms with Crippen LogP contribution in [0.2, 0.25) is 0 Å². The maximum atomic E-state index is 12.2. The zero-order valence-electron chi connectivity index (χ0n) is 14.4. The van der Waals surface area contributed by atoms with E-state index >= 15 is 0 Å². The largest absolute Gasteiger partial charge is 0.461 e. The first-order valence-electron chi connectivity index (χ1n) is 9.10. The minimum Gasteiger partial charge on any atom is -0.461 e. The fraction of sp³-hybridized carbons (Fsp3) is 0.750. The molecule has 2 aliphatic rings. The number of carbonyl (C=O) groups is 1. The van der Waals surface area contributed by atoms with Gasteiger partial charge in [0.15, 0.2) is 0 Å². The van der Waals surface area contributed by atoms with E-state index in [1.54, 1.807) is 0 Å². The number of ether oxygens (including phenoxy) is 1. The molecule has 0 aromatic heterocycles. The van der Waals surface area contributed by atoms with Crippen molar-refractivity contribution in [3.05, 3.63) is 23.8 Å². The summed E-state index contributed by atoms with van der Waals surface area (Å²) in [5.74, 6) is 1.65. The molecule has 0 heterocycles. The summed E-state index contributed by atoms with van der Waals surface area (Å²) in [4.78, 5) is 12.2. The van der Waals surface area contributed by atoms with E-state index in [-0.39, 0.29) is 11.9 Å². The molecule has 1 fully saturated rings. The number of hydrogen-bond acceptors (Lipinski definition) is 2. The number of allylic oxidation sites excluding steroid dienone is 2. The monoisotopic (exact) mass is 304 g/mol. The molecule has 0 saturated heterocycles. The molecule has 0 spiro atoms. The molecule has 0 aromatic rings. The third kappa shape index (κ3) is 5.00. The van der Waals surface area contributed by atoms with Gasteiger partial charge in [-0.2, -0.15) is 0 Å². The van der Waals surface area contributed by atoms with Gasteiger partial charge in [-0.1, -0.05) is 38.0 Å². The molecule has 0 N–H and O–H groups in total. The molecule has 124 valence electrons. The summed E-state index contributed by atoms with van der Waals surface area (Å²) in [5, 5.41) is 0. The van der Waals surface area contributed by atoms with Crippen molar-refractivity contribution < 1.29 is 9.53 Å². The van der Waals surface area contributed by atoms with Gasteiger partial charge < -0.3 is 4.74 Å². The van der Waals surface area contributed by atoms with Gasteiger partial charge >= 0.3 is 5.97 Å². The number of carbonyl (C=O) groups excluding carboxylic acids is 1. The van der Waals surface area contributed by atoms with Crippen molar-refractivity contribution in [3.8, 4) is 0 Å². The zero-order valence-corrected chi connectivity index (χ0v) is 14.4. The Bertz CT molecular complexity index is 413. The average molecular weight is 304 g/mol. The molecular weight excluding hydrogens is 272 g/mol. The molecule has 0 amide bonds. The van der Waals surface area contributed by atoms with Gasteiger partial charge in [0.1, 0.15) is 6.61 Å². The van der Waals surface area contributed by atoms with Crippen molar-refractivity contribution in [2.24, 2.45) is 17.8 Å². The van der Waals surface area contributed by atoms with Crippen LogP contribution >= 0.6 is 0 Å². The topological polar surface area (TPSA) is 26.3 Å². The highest BCUT2D eigenvalue weighted by Crippen LogP contribution is 2.33. The SMILES string of the molecule is C=C(C)[C@@H]1CC=C(COC(=O)C2CCC(CCC)CC2)CC1. The average Bonchev–Trinajstić information content (AvgIpc) is 2.54. The summed E-state index contributed by atoms with van der Waals surface area (Å²) in [7, 11) is 0. The van der Waals surface area contributed by atoms with Crippen molar-refractivity contribution >= 4 is 5.97 Å². The molecule has 2 rings (SSSR count). The van der Waals surface area contributed by atoms with Gasteiger partial charge in [-0.3, -0.25) is 4.79 Å². The van der Waals surface area contributed by atoms with Crippen LogP contribution in [0.25, 0.3) is 0 Å². The first-order chi connectivity index (χ1) is 10.6. The lowest BCUT2D eigenvalue weighted by Crippen LogP contribution is -2.24. The molecule has 0 bridgehead atoms. The van der Waals surface area contributed by atoms with Crippen LogP contribution in [-0.4, -0.2) is 12.6 Å². The Morgan fingerprint density at radius 2 is 1.95 bits per heavy atom. The van der Waals surface area contributed by atoms with Crippen LogP contribution in [0.4, 0.5) is 0 Å². The van der Waals surface area contributed by atoms with Gasteiger partial charge in [0.05, 0.1) is 5.92 Å². The van der Waals surface area contributed by atoms with Crippen molar-refractivity contribution in [2.75, 3.05) is 6.61 Å². The van der Waals surface area contributed by atoms with Crippen LogP contribution in [-0.2, 0) is 9.53 Å². The minimum absolute atomic E-state index is 0.0397. The van der Waals surface area contributed by atoms with Gasteiger partial charge in [-0.05, 0) is 69.3 Å². The summed E-state index contributed by atoms with van der Waals surface area (Å²) in [5.41, 5.74) is 2.57. The Morgan fingerprint density at radius 1 is 1.23 bits per heavy atom. The highest BCUT2D eigenvalue weighted by atomic mass is 16.5. The highest BCUT2D eigenvalue weighted by molar-refractivity contribution is 5.72. The maximum Gasteiger partial charge on any atom is 0.309 e. The fourth-order valence-electron chi connectivity index (χ4n) is 3.84. The van der Waals surface area contributed by atoms with E-state index in [0.29, 0.717) is 12.5 Å². The lowest BCUT2D eigenvalue weighted by atomic mass is 9.80. The molecule has 0 aromatic carbocycles. The van der Waals surface area contributed by atoms with Crippen molar-refractivity contribution in [2.45, 2.75) is 71.6 Å². The third-order valence-corrected chi connectivity index (χ3v) is 5.48. The van der Waals surface area contributed by atoms with E-state index in [4.69, 9.17) is 4.74 Å². The first kappa shape index (κ1) is 17.3. The van der Waals surface area contributed by atoms with Gasteiger partial charge in [-0.25, -0.2) is 0 Å². The molecule has 2 aliphatic carbocycles. The van der Waals surface area contributed by atoms with E-state index in [0.717, 1.165) is 38.0 Å². The molecule has 1 atom stereocenters. The normalized spacial score (nSPS) is 28.8. The molecule has 0 unspecified atom stereocenters. The van der Waals surface area contributed by atoms with Crippen LogP contribution in [0.5, 0.6) is 0 Å². The van der Waals surface area contributed by atoms with E-state index in [9.17, 15) is 4.79 Å². The minimum atomic E-state index is 0.0397. The van der Waals surface area contributed by atoms with Crippen LogP contribution < -0.4 is 0 Å². The van der Waals surface area contributed by atoms with E-state index < -0.39 is 0 Å². The van der Waals surface area contributed by atoms with Gasteiger partial charge in [0.2, 0.25) is 0 Å². The van der Waals surface area contributed by atoms with Crippen molar-refractivity contribution in [3.63, 3.8) is 0 Å². The zero-order chi connectivity index (χ0) is 15.9. The Labute approximate surface area is 136 Å². The van der Waals surface area contributed by atoms with Crippen LogP contribution in [0.15, 0.2) is 23.8 Å². The molecular formula is C20H32O2. The second-order valence-corrected chi connectivity index (χ2v) is 7.29. The molecule has 0 radical (unpaired) electrons. The predicted octanol–water partition coefficient (Wildman–Crippen LogP) is 5.44. The van der Waals surface area contributed by atoms with E-state index in [1.165, 1.54) is 36.8 Å². The first-order valence-corrected chi connectivity index (χ1v) is 9.10. The molecule has 1 saturated carbocycles. The smallest absolute Gasteiger partial charge is 0.309 e. The number of esters is 1. The summed E-state index contributed by atoms with van der Waals surface area (Å²) in [6.07, 6.45) is 12.6. The third-order valence-electron chi connectivity index (χ3n) is 5.48. The van der Waals surface area contributed by atoms with Crippen LogP contribution in [0, 0.1) is 17.8 Å². The molecule has 0 aliphatic heterocycles. The lowest BCUT2D eigenvalue weighted by molar-refractivity contribution is -0.149. The Kier molecular flexibility index (Phi) is 6.72. The van der Waals surface area contributed by atoms with Gasteiger partial charge in [0, 0.05) is 0 Å². The van der Waals surface area contributed by atoms with Crippen molar-refractivity contribution in [1.29, 1.82) is 0 Å². The van der Waals surface area contributed by atoms with Gasteiger partial charge in [0.25, 0.3) is 0 Å². The highest BCUT2D eigenvalue weighted by Gasteiger charge is 2.27. The van der Waals surface area contributed by atoms with Crippen LogP contribution in [0.1, 0.15) is 71.6 Å². The van der Waals surface area contributed by atoms with Crippen molar-refractivity contribution in [1.82, 2.24) is 0 Å². The Balaban J connectivity index is 1.69. The van der Waals surface area contributed by atoms with E-state index in [1.807, 2.05) is 0 Å². The van der Waals surface area contributed by atoms with Crippen LogP contribution in [0.3, 0.4) is 0 Å². The standard InChI is InChI=1S/C20H32O2/c1-4-5-16-6-12-19(13-7-16)20(21)22-14-17-8-10-18(11-9-17)15(2)3/h8,16,18-19H,2,4-7,9-14H2,1,3H3/t16?,18-,19?/m1/s1. The van der Waals surface area contributed by atoms with E-state index in [2.05, 4.69) is 26.5 Å². The summed E-state index contributed by atoms with van der Waals surface area (Å²) in [6.45, 7) is 8.91. The summed E-state index contributed by atoms with van der Waals surface area (Å²) < 4.78 is 5.58. The fourth-order valence-corrected chi connectivity index (χ4v) is 3.84.